The Hall–Kier alpha value is -2.74. The Balaban J connectivity index is 1.95. The van der Waals surface area contributed by atoms with E-state index in [9.17, 15) is 0 Å². The zero-order valence-electron chi connectivity index (χ0n) is 12.1. The smallest absolute Gasteiger partial charge is 0.160 e. The van der Waals surface area contributed by atoms with Gasteiger partial charge in [0, 0.05) is 12.7 Å². The Kier molecular flexibility index (Phi) is 4.99. The van der Waals surface area contributed by atoms with Crippen LogP contribution in [0.25, 0.3) is 0 Å². The summed E-state index contributed by atoms with van der Waals surface area (Å²) in [6, 6.07) is 11.4. The molecule has 5 nitrogen and oxygen atoms in total. The SMILES string of the molecule is COc1ccc(CCNc2cc(C#N)ccn2)cc1OC. The molecule has 2 rings (SSSR count). The molecule has 0 saturated carbocycles. The molecule has 0 fully saturated rings. The van der Waals surface area contributed by atoms with Crippen LogP contribution in [-0.2, 0) is 6.42 Å². The molecule has 1 aromatic carbocycles. The van der Waals surface area contributed by atoms with Gasteiger partial charge in [-0.3, -0.25) is 0 Å². The maximum absolute atomic E-state index is 8.84. The number of benzene rings is 1. The van der Waals surface area contributed by atoms with E-state index in [2.05, 4.69) is 16.4 Å². The molecule has 5 heteroatoms. The monoisotopic (exact) mass is 283 g/mol. The maximum Gasteiger partial charge on any atom is 0.160 e. The highest BCUT2D eigenvalue weighted by Crippen LogP contribution is 2.27. The first-order valence-electron chi connectivity index (χ1n) is 6.57. The first-order chi connectivity index (χ1) is 10.3. The molecule has 0 aliphatic rings. The number of hydrogen-bond donors (Lipinski definition) is 1. The molecule has 0 atom stereocenters. The largest absolute Gasteiger partial charge is 0.493 e. The number of anilines is 1. The molecule has 0 saturated heterocycles. The summed E-state index contributed by atoms with van der Waals surface area (Å²) in [5, 5.41) is 12.0. The molecule has 0 unspecified atom stereocenters. The fraction of sp³-hybridized carbons (Fsp3) is 0.250. The van der Waals surface area contributed by atoms with Crippen LogP contribution in [0, 0.1) is 11.3 Å². The summed E-state index contributed by atoms with van der Waals surface area (Å²) in [4.78, 5) is 4.17. The van der Waals surface area contributed by atoms with Gasteiger partial charge in [0.2, 0.25) is 0 Å². The van der Waals surface area contributed by atoms with Gasteiger partial charge in [-0.25, -0.2) is 4.98 Å². The van der Waals surface area contributed by atoms with E-state index in [1.54, 1.807) is 32.5 Å². The van der Waals surface area contributed by atoms with Gasteiger partial charge >= 0.3 is 0 Å². The molecule has 108 valence electrons. The van der Waals surface area contributed by atoms with E-state index in [4.69, 9.17) is 14.7 Å². The lowest BCUT2D eigenvalue weighted by atomic mass is 10.1. The predicted molar refractivity (Wildman–Crippen MR) is 80.7 cm³/mol. The van der Waals surface area contributed by atoms with Crippen molar-refractivity contribution in [1.29, 1.82) is 5.26 Å². The summed E-state index contributed by atoms with van der Waals surface area (Å²) in [7, 11) is 3.24. The van der Waals surface area contributed by atoms with Gasteiger partial charge in [0.05, 0.1) is 25.9 Å². The average Bonchev–Trinajstić information content (AvgIpc) is 2.55. The van der Waals surface area contributed by atoms with Crippen LogP contribution in [0.2, 0.25) is 0 Å². The lowest BCUT2D eigenvalue weighted by Crippen LogP contribution is -2.06. The highest BCUT2D eigenvalue weighted by atomic mass is 16.5. The van der Waals surface area contributed by atoms with Crippen molar-refractivity contribution in [1.82, 2.24) is 4.98 Å². The van der Waals surface area contributed by atoms with Crippen molar-refractivity contribution in [3.63, 3.8) is 0 Å². The summed E-state index contributed by atoms with van der Waals surface area (Å²) >= 11 is 0. The van der Waals surface area contributed by atoms with E-state index in [1.807, 2.05) is 18.2 Å². The molecule has 0 radical (unpaired) electrons. The summed E-state index contributed by atoms with van der Waals surface area (Å²) < 4.78 is 10.5. The molecular weight excluding hydrogens is 266 g/mol. The van der Waals surface area contributed by atoms with E-state index >= 15 is 0 Å². The van der Waals surface area contributed by atoms with E-state index in [1.165, 1.54) is 0 Å². The van der Waals surface area contributed by atoms with Crippen LogP contribution in [0.5, 0.6) is 11.5 Å². The Labute approximate surface area is 124 Å². The first-order valence-corrected chi connectivity index (χ1v) is 6.57. The predicted octanol–water partition coefficient (Wildman–Crippen LogP) is 2.63. The maximum atomic E-state index is 8.84. The molecule has 0 aliphatic carbocycles. The molecule has 2 aromatic rings. The number of nitrogens with one attached hydrogen (secondary N) is 1. The molecule has 0 amide bonds. The Bertz CT molecular complexity index is 650. The second-order valence-corrected chi connectivity index (χ2v) is 4.41. The quantitative estimate of drug-likeness (QED) is 0.882. The zero-order chi connectivity index (χ0) is 15.1. The number of pyridine rings is 1. The standard InChI is InChI=1S/C16H17N3O2/c1-20-14-4-3-12(9-15(14)21-2)5-7-18-16-10-13(11-17)6-8-19-16/h3-4,6,8-10H,5,7H2,1-2H3,(H,18,19). The normalized spacial score (nSPS) is 9.76. The lowest BCUT2D eigenvalue weighted by Gasteiger charge is -2.10. The minimum absolute atomic E-state index is 0.596. The van der Waals surface area contributed by atoms with Crippen molar-refractivity contribution >= 4 is 5.82 Å². The van der Waals surface area contributed by atoms with Crippen molar-refractivity contribution in [3.05, 3.63) is 47.7 Å². The number of nitriles is 1. The summed E-state index contributed by atoms with van der Waals surface area (Å²) in [5.41, 5.74) is 1.73. The van der Waals surface area contributed by atoms with Crippen molar-refractivity contribution in [2.45, 2.75) is 6.42 Å². The van der Waals surface area contributed by atoms with Crippen molar-refractivity contribution in [3.8, 4) is 17.6 Å². The Morgan fingerprint density at radius 2 is 1.95 bits per heavy atom. The fourth-order valence-corrected chi connectivity index (χ4v) is 1.97. The number of ether oxygens (including phenoxy) is 2. The summed E-state index contributed by atoms with van der Waals surface area (Å²) in [6.45, 7) is 0.720. The molecule has 1 aromatic heterocycles. The second-order valence-electron chi connectivity index (χ2n) is 4.41. The van der Waals surface area contributed by atoms with E-state index in [0.717, 1.165) is 30.0 Å². The van der Waals surface area contributed by atoms with Crippen LogP contribution in [0.15, 0.2) is 36.5 Å². The van der Waals surface area contributed by atoms with Crippen molar-refractivity contribution in [2.24, 2.45) is 0 Å². The number of rotatable bonds is 6. The third kappa shape index (κ3) is 3.86. The van der Waals surface area contributed by atoms with Crippen molar-refractivity contribution in [2.75, 3.05) is 26.1 Å². The van der Waals surface area contributed by atoms with Crippen LogP contribution in [0.1, 0.15) is 11.1 Å². The molecule has 1 N–H and O–H groups in total. The van der Waals surface area contributed by atoms with Gasteiger partial charge in [0.1, 0.15) is 5.82 Å². The third-order valence-corrected chi connectivity index (χ3v) is 3.06. The molecular formula is C16H17N3O2. The number of methoxy groups -OCH3 is 2. The molecule has 0 bridgehead atoms. The van der Waals surface area contributed by atoms with Gasteiger partial charge < -0.3 is 14.8 Å². The van der Waals surface area contributed by atoms with Gasteiger partial charge in [-0.1, -0.05) is 6.07 Å². The first kappa shape index (κ1) is 14.7. The van der Waals surface area contributed by atoms with Crippen molar-refractivity contribution < 1.29 is 9.47 Å². The van der Waals surface area contributed by atoms with Gasteiger partial charge in [-0.2, -0.15) is 5.26 Å². The third-order valence-electron chi connectivity index (χ3n) is 3.06. The van der Waals surface area contributed by atoms with E-state index in [0.29, 0.717) is 11.4 Å². The molecule has 0 aliphatic heterocycles. The Morgan fingerprint density at radius 3 is 2.67 bits per heavy atom. The topological polar surface area (TPSA) is 67.2 Å². The minimum atomic E-state index is 0.596. The minimum Gasteiger partial charge on any atom is -0.493 e. The zero-order valence-corrected chi connectivity index (χ0v) is 12.1. The second kappa shape index (κ2) is 7.15. The summed E-state index contributed by atoms with van der Waals surface area (Å²) in [6.07, 6.45) is 2.44. The van der Waals surface area contributed by atoms with Gasteiger partial charge in [-0.15, -0.1) is 0 Å². The van der Waals surface area contributed by atoms with E-state index < -0.39 is 0 Å². The number of nitrogens with zero attached hydrogens (tertiary/aromatic N) is 2. The molecule has 0 spiro atoms. The van der Waals surface area contributed by atoms with Gasteiger partial charge in [0.25, 0.3) is 0 Å². The van der Waals surface area contributed by atoms with Crippen LogP contribution < -0.4 is 14.8 Å². The fourth-order valence-electron chi connectivity index (χ4n) is 1.97. The van der Waals surface area contributed by atoms with Gasteiger partial charge in [0.15, 0.2) is 11.5 Å². The average molecular weight is 283 g/mol. The highest BCUT2D eigenvalue weighted by Gasteiger charge is 2.04. The van der Waals surface area contributed by atoms with Crippen LogP contribution in [-0.4, -0.2) is 25.7 Å². The molecule has 21 heavy (non-hydrogen) atoms. The molecule has 1 heterocycles. The number of aromatic nitrogens is 1. The summed E-state index contributed by atoms with van der Waals surface area (Å²) in [5.74, 6) is 2.15. The van der Waals surface area contributed by atoms with Crippen LogP contribution >= 0.6 is 0 Å². The highest BCUT2D eigenvalue weighted by molar-refractivity contribution is 5.44. The van der Waals surface area contributed by atoms with Gasteiger partial charge in [-0.05, 0) is 36.2 Å². The van der Waals surface area contributed by atoms with E-state index in [-0.39, 0.29) is 0 Å². The van der Waals surface area contributed by atoms with Crippen LogP contribution in [0.4, 0.5) is 5.82 Å². The Morgan fingerprint density at radius 1 is 1.14 bits per heavy atom. The lowest BCUT2D eigenvalue weighted by molar-refractivity contribution is 0.354. The van der Waals surface area contributed by atoms with Crippen LogP contribution in [0.3, 0.4) is 0 Å². The number of hydrogen-bond acceptors (Lipinski definition) is 5.